The Kier molecular flexibility index (Phi) is 5.11. The second-order valence-corrected chi connectivity index (χ2v) is 6.58. The number of hydrogen-bond acceptors (Lipinski definition) is 3. The Balaban J connectivity index is 1.60. The normalized spacial score (nSPS) is 16.5. The minimum absolute atomic E-state index is 0.00753. The van der Waals surface area contributed by atoms with Crippen molar-refractivity contribution in [3.05, 3.63) is 53.6 Å². The van der Waals surface area contributed by atoms with E-state index in [0.717, 1.165) is 28.3 Å². The number of ether oxygens (including phenoxy) is 1. The lowest BCUT2D eigenvalue weighted by Crippen LogP contribution is -2.39. The van der Waals surface area contributed by atoms with Crippen LogP contribution in [-0.4, -0.2) is 31.6 Å². The molecule has 1 heterocycles. The second-order valence-electron chi connectivity index (χ2n) is 6.58. The molecule has 1 aliphatic heterocycles. The Labute approximate surface area is 153 Å². The predicted molar refractivity (Wildman–Crippen MR) is 102 cm³/mol. The first-order chi connectivity index (χ1) is 12.4. The largest absolute Gasteiger partial charge is 0.497 e. The van der Waals surface area contributed by atoms with Crippen molar-refractivity contribution in [3.8, 4) is 5.75 Å². The standard InChI is InChI=1S/C20H23N3O3/c1-13-8-14(2)10-15(9-13)21-20(25)22-16-11-19(24)23(12-16)17-4-6-18(26-3)7-5-17/h4-10,16H,11-12H2,1-3H3,(H2,21,22,25). The smallest absolute Gasteiger partial charge is 0.319 e. The SMILES string of the molecule is COc1ccc(N2CC(NC(=O)Nc3cc(C)cc(C)c3)CC2=O)cc1. The van der Waals surface area contributed by atoms with Gasteiger partial charge in [0.05, 0.1) is 13.2 Å². The lowest BCUT2D eigenvalue weighted by molar-refractivity contribution is -0.117. The van der Waals surface area contributed by atoms with Gasteiger partial charge in [-0.1, -0.05) is 6.07 Å². The highest BCUT2D eigenvalue weighted by atomic mass is 16.5. The van der Waals surface area contributed by atoms with E-state index in [2.05, 4.69) is 10.6 Å². The van der Waals surface area contributed by atoms with Crippen LogP contribution in [0.3, 0.4) is 0 Å². The zero-order valence-electron chi connectivity index (χ0n) is 15.2. The van der Waals surface area contributed by atoms with Gasteiger partial charge in [0.2, 0.25) is 5.91 Å². The van der Waals surface area contributed by atoms with Gasteiger partial charge in [-0.3, -0.25) is 4.79 Å². The van der Waals surface area contributed by atoms with Gasteiger partial charge in [-0.2, -0.15) is 0 Å². The molecular formula is C20H23N3O3. The summed E-state index contributed by atoms with van der Waals surface area (Å²) in [6.07, 6.45) is 0.284. The molecule has 1 saturated heterocycles. The summed E-state index contributed by atoms with van der Waals surface area (Å²) < 4.78 is 5.14. The number of carbonyl (C=O) groups is 2. The molecule has 6 nitrogen and oxygen atoms in total. The van der Waals surface area contributed by atoms with Crippen LogP contribution < -0.4 is 20.3 Å². The summed E-state index contributed by atoms with van der Waals surface area (Å²) in [5.74, 6) is 0.731. The van der Waals surface area contributed by atoms with Crippen molar-refractivity contribution >= 4 is 23.3 Å². The third-order valence-corrected chi connectivity index (χ3v) is 4.32. The fourth-order valence-electron chi connectivity index (χ4n) is 3.22. The van der Waals surface area contributed by atoms with Crippen LogP contribution in [-0.2, 0) is 4.79 Å². The third kappa shape index (κ3) is 4.14. The molecule has 3 rings (SSSR count). The van der Waals surface area contributed by atoms with Crippen LogP contribution in [0.25, 0.3) is 0 Å². The van der Waals surface area contributed by atoms with Gasteiger partial charge in [0.15, 0.2) is 0 Å². The maximum Gasteiger partial charge on any atom is 0.319 e. The van der Waals surface area contributed by atoms with Crippen molar-refractivity contribution in [2.24, 2.45) is 0 Å². The van der Waals surface area contributed by atoms with Crippen LogP contribution in [0.2, 0.25) is 0 Å². The van der Waals surface area contributed by atoms with E-state index in [0.29, 0.717) is 6.54 Å². The van der Waals surface area contributed by atoms with Crippen molar-refractivity contribution in [2.75, 3.05) is 23.9 Å². The molecule has 0 aliphatic carbocycles. The Morgan fingerprint density at radius 1 is 1.12 bits per heavy atom. The number of aryl methyl sites for hydroxylation is 2. The van der Waals surface area contributed by atoms with Crippen LogP contribution in [0, 0.1) is 13.8 Å². The van der Waals surface area contributed by atoms with Crippen LogP contribution in [0.5, 0.6) is 5.75 Å². The number of nitrogens with one attached hydrogen (secondary N) is 2. The molecule has 0 radical (unpaired) electrons. The molecule has 0 saturated carbocycles. The summed E-state index contributed by atoms with van der Waals surface area (Å²) in [5, 5.41) is 5.72. The summed E-state index contributed by atoms with van der Waals surface area (Å²) >= 11 is 0. The van der Waals surface area contributed by atoms with Crippen molar-refractivity contribution in [1.29, 1.82) is 0 Å². The lowest BCUT2D eigenvalue weighted by atomic mass is 10.1. The highest BCUT2D eigenvalue weighted by molar-refractivity contribution is 5.97. The van der Waals surface area contributed by atoms with Crippen LogP contribution in [0.15, 0.2) is 42.5 Å². The Hall–Kier alpha value is -3.02. The predicted octanol–water partition coefficient (Wildman–Crippen LogP) is 3.24. The monoisotopic (exact) mass is 353 g/mol. The molecule has 136 valence electrons. The lowest BCUT2D eigenvalue weighted by Gasteiger charge is -2.18. The minimum atomic E-state index is -0.301. The number of carbonyl (C=O) groups excluding carboxylic acids is 2. The fourth-order valence-corrected chi connectivity index (χ4v) is 3.22. The second kappa shape index (κ2) is 7.47. The Morgan fingerprint density at radius 2 is 1.77 bits per heavy atom. The van der Waals surface area contributed by atoms with Crippen molar-refractivity contribution in [1.82, 2.24) is 5.32 Å². The van der Waals surface area contributed by atoms with E-state index in [4.69, 9.17) is 4.74 Å². The molecule has 2 aromatic carbocycles. The number of amides is 3. The van der Waals surface area contributed by atoms with Crippen molar-refractivity contribution in [3.63, 3.8) is 0 Å². The van der Waals surface area contributed by atoms with Crippen LogP contribution >= 0.6 is 0 Å². The molecule has 26 heavy (non-hydrogen) atoms. The molecule has 1 aliphatic rings. The van der Waals surface area contributed by atoms with Gasteiger partial charge < -0.3 is 20.3 Å². The summed E-state index contributed by atoms with van der Waals surface area (Å²) in [6, 6.07) is 12.7. The topological polar surface area (TPSA) is 70.7 Å². The first-order valence-electron chi connectivity index (χ1n) is 8.55. The van der Waals surface area contributed by atoms with Gasteiger partial charge in [-0.15, -0.1) is 0 Å². The van der Waals surface area contributed by atoms with Gasteiger partial charge in [0, 0.05) is 24.3 Å². The molecule has 0 aromatic heterocycles. The summed E-state index contributed by atoms with van der Waals surface area (Å²) in [5.41, 5.74) is 3.72. The fraction of sp³-hybridized carbons (Fsp3) is 0.300. The molecular weight excluding hydrogens is 330 g/mol. The van der Waals surface area contributed by atoms with Gasteiger partial charge in [-0.25, -0.2) is 4.79 Å². The minimum Gasteiger partial charge on any atom is -0.497 e. The van der Waals surface area contributed by atoms with E-state index in [9.17, 15) is 9.59 Å². The number of nitrogens with zero attached hydrogens (tertiary/aromatic N) is 1. The Bertz CT molecular complexity index is 797. The number of rotatable bonds is 4. The summed E-state index contributed by atoms with van der Waals surface area (Å²) in [4.78, 5) is 26.2. The maximum absolute atomic E-state index is 12.3. The van der Waals surface area contributed by atoms with Gasteiger partial charge in [-0.05, 0) is 61.4 Å². The molecule has 1 fully saturated rings. The van der Waals surface area contributed by atoms with Gasteiger partial charge in [0.1, 0.15) is 5.75 Å². The Morgan fingerprint density at radius 3 is 2.38 bits per heavy atom. The molecule has 2 aromatic rings. The first kappa shape index (κ1) is 17.8. The van der Waals surface area contributed by atoms with E-state index in [1.807, 2.05) is 56.3 Å². The molecule has 2 N–H and O–H groups in total. The zero-order valence-corrected chi connectivity index (χ0v) is 15.2. The molecule has 0 bridgehead atoms. The van der Waals surface area contributed by atoms with Crippen molar-refractivity contribution in [2.45, 2.75) is 26.3 Å². The van der Waals surface area contributed by atoms with Crippen LogP contribution in [0.4, 0.5) is 16.2 Å². The number of hydrogen-bond donors (Lipinski definition) is 2. The highest BCUT2D eigenvalue weighted by Crippen LogP contribution is 2.24. The third-order valence-electron chi connectivity index (χ3n) is 4.32. The zero-order chi connectivity index (χ0) is 18.7. The van der Waals surface area contributed by atoms with Crippen LogP contribution in [0.1, 0.15) is 17.5 Å². The van der Waals surface area contributed by atoms with E-state index in [-0.39, 0.29) is 24.4 Å². The summed E-state index contributed by atoms with van der Waals surface area (Å²) in [7, 11) is 1.60. The van der Waals surface area contributed by atoms with E-state index in [1.54, 1.807) is 12.0 Å². The van der Waals surface area contributed by atoms with E-state index < -0.39 is 0 Å². The number of benzene rings is 2. The first-order valence-corrected chi connectivity index (χ1v) is 8.55. The quantitative estimate of drug-likeness (QED) is 0.886. The van der Waals surface area contributed by atoms with Gasteiger partial charge in [0.25, 0.3) is 0 Å². The summed E-state index contributed by atoms with van der Waals surface area (Å²) in [6.45, 7) is 4.42. The number of urea groups is 1. The molecule has 0 spiro atoms. The number of anilines is 2. The van der Waals surface area contributed by atoms with E-state index in [1.165, 1.54) is 0 Å². The van der Waals surface area contributed by atoms with Crippen molar-refractivity contribution < 1.29 is 14.3 Å². The highest BCUT2D eigenvalue weighted by Gasteiger charge is 2.31. The molecule has 6 heteroatoms. The molecule has 1 atom stereocenters. The van der Waals surface area contributed by atoms with E-state index >= 15 is 0 Å². The molecule has 1 unspecified atom stereocenters. The van der Waals surface area contributed by atoms with Gasteiger partial charge >= 0.3 is 6.03 Å². The average molecular weight is 353 g/mol. The molecule has 3 amide bonds. The average Bonchev–Trinajstić information content (AvgIpc) is 2.94. The number of methoxy groups -OCH3 is 1. The maximum atomic E-state index is 12.3.